The lowest BCUT2D eigenvalue weighted by Crippen LogP contribution is -1.63. The number of hydrogen-bond donors (Lipinski definition) is 0. The molecule has 0 amide bonds. The first kappa shape index (κ1) is 8.36. The maximum Gasteiger partial charge on any atom is 0.135 e. The Bertz CT molecular complexity index is 429. The van der Waals surface area contributed by atoms with Crippen molar-refractivity contribution < 1.29 is 9.26 Å². The fourth-order valence-electron chi connectivity index (χ4n) is 0.863. The van der Waals surface area contributed by atoms with Gasteiger partial charge in [0.15, 0.2) is 0 Å². The van der Waals surface area contributed by atoms with Gasteiger partial charge in [0.25, 0.3) is 0 Å². The third kappa shape index (κ3) is 1.92. The van der Waals surface area contributed by atoms with Crippen molar-refractivity contribution in [3.63, 3.8) is 0 Å². The summed E-state index contributed by atoms with van der Waals surface area (Å²) in [5.41, 5.74) is 1.61. The van der Waals surface area contributed by atoms with Gasteiger partial charge in [0.1, 0.15) is 11.0 Å². The van der Waals surface area contributed by atoms with Crippen LogP contribution in [0.5, 0.6) is 0 Å². The van der Waals surface area contributed by atoms with Gasteiger partial charge < -0.3 is 0 Å². The van der Waals surface area contributed by atoms with Crippen LogP contribution >= 0.6 is 0 Å². The van der Waals surface area contributed by atoms with Gasteiger partial charge in [0.05, 0.1) is 12.4 Å². The van der Waals surface area contributed by atoms with Gasteiger partial charge in [-0.05, 0) is 22.4 Å². The van der Waals surface area contributed by atoms with Crippen molar-refractivity contribution in [2.75, 3.05) is 0 Å². The minimum absolute atomic E-state index is 0.803. The Kier molecular flexibility index (Phi) is 2.46. The van der Waals surface area contributed by atoms with Crippen molar-refractivity contribution in [3.8, 4) is 0 Å². The van der Waals surface area contributed by atoms with Gasteiger partial charge in [0, 0.05) is 0 Å². The van der Waals surface area contributed by atoms with Crippen LogP contribution in [0.4, 0.5) is 0 Å². The number of nitrogens with zero attached hydrogens (tertiary/aromatic N) is 4. The van der Waals surface area contributed by atoms with Crippen LogP contribution in [0.25, 0.3) is 11.0 Å². The van der Waals surface area contributed by atoms with Crippen LogP contribution in [-0.2, 0) is 0 Å². The summed E-state index contributed by atoms with van der Waals surface area (Å²) in [4.78, 5) is 0. The summed E-state index contributed by atoms with van der Waals surface area (Å²) in [6, 6.07) is 7.50. The molecule has 0 aliphatic heterocycles. The van der Waals surface area contributed by atoms with E-state index in [1.54, 1.807) is 0 Å². The molecule has 0 atom stereocenters. The normalized spacial score (nSPS) is 9.43. The first-order chi connectivity index (χ1) is 6.97. The van der Waals surface area contributed by atoms with E-state index in [1.165, 1.54) is 12.4 Å². The zero-order valence-corrected chi connectivity index (χ0v) is 7.07. The molecule has 2 heterocycles. The van der Waals surface area contributed by atoms with E-state index in [-0.39, 0.29) is 0 Å². The van der Waals surface area contributed by atoms with Gasteiger partial charge in [-0.15, -0.1) is 0 Å². The highest BCUT2D eigenvalue weighted by molar-refractivity contribution is 5.72. The Morgan fingerprint density at radius 2 is 1.36 bits per heavy atom. The van der Waals surface area contributed by atoms with Crippen molar-refractivity contribution in [2.45, 2.75) is 0 Å². The molecule has 0 N–H and O–H groups in total. The Morgan fingerprint density at radius 3 is 1.79 bits per heavy atom. The summed E-state index contributed by atoms with van der Waals surface area (Å²) >= 11 is 0. The summed E-state index contributed by atoms with van der Waals surface area (Å²) in [6.45, 7) is 0. The lowest BCUT2D eigenvalue weighted by Gasteiger charge is -1.76. The minimum Gasteiger partial charge on any atom is -0.245 e. The van der Waals surface area contributed by atoms with Crippen LogP contribution in [0.3, 0.4) is 0 Å². The predicted molar refractivity (Wildman–Crippen MR) is 46.1 cm³/mol. The third-order valence-electron chi connectivity index (χ3n) is 1.44. The topological polar surface area (TPSA) is 77.8 Å². The van der Waals surface area contributed by atoms with Crippen molar-refractivity contribution in [2.24, 2.45) is 0 Å². The second-order valence-corrected chi connectivity index (χ2v) is 2.34. The quantitative estimate of drug-likeness (QED) is 0.531. The van der Waals surface area contributed by atoms with Crippen LogP contribution in [0, 0.1) is 0 Å². The molecule has 0 unspecified atom stereocenters. The second-order valence-electron chi connectivity index (χ2n) is 2.34. The van der Waals surface area contributed by atoms with Crippen molar-refractivity contribution in [1.82, 2.24) is 20.6 Å². The highest BCUT2D eigenvalue weighted by Gasteiger charge is 1.93. The van der Waals surface area contributed by atoms with Gasteiger partial charge in [0.2, 0.25) is 0 Å². The van der Waals surface area contributed by atoms with E-state index in [4.69, 9.17) is 0 Å². The zero-order valence-electron chi connectivity index (χ0n) is 7.07. The summed E-state index contributed by atoms with van der Waals surface area (Å²) < 4.78 is 8.55. The maximum atomic E-state index is 4.46. The van der Waals surface area contributed by atoms with E-state index in [1.807, 2.05) is 24.3 Å². The molecule has 3 aromatic rings. The third-order valence-corrected chi connectivity index (χ3v) is 1.44. The summed E-state index contributed by atoms with van der Waals surface area (Å²) in [5, 5.41) is 13.7. The maximum absolute atomic E-state index is 4.46. The van der Waals surface area contributed by atoms with E-state index in [9.17, 15) is 0 Å². The first-order valence-corrected chi connectivity index (χ1v) is 3.85. The largest absolute Gasteiger partial charge is 0.245 e. The van der Waals surface area contributed by atoms with Crippen LogP contribution < -0.4 is 0 Å². The lowest BCUT2D eigenvalue weighted by molar-refractivity contribution is 0.307. The summed E-state index contributed by atoms with van der Waals surface area (Å²) in [7, 11) is 0. The molecule has 0 fully saturated rings. The predicted octanol–water partition coefficient (Wildman–Crippen LogP) is 1.29. The number of rotatable bonds is 0. The fourth-order valence-corrected chi connectivity index (χ4v) is 0.863. The monoisotopic (exact) mass is 190 g/mol. The molecular weight excluding hydrogens is 184 g/mol. The van der Waals surface area contributed by atoms with E-state index in [2.05, 4.69) is 29.9 Å². The van der Waals surface area contributed by atoms with Crippen molar-refractivity contribution in [3.05, 3.63) is 36.7 Å². The zero-order chi connectivity index (χ0) is 9.64. The molecule has 0 saturated heterocycles. The summed E-state index contributed by atoms with van der Waals surface area (Å²) in [6.07, 6.45) is 2.94. The molecular formula is C8H6N4O2. The molecule has 0 aliphatic carbocycles. The average Bonchev–Trinajstić information content (AvgIpc) is 2.92. The van der Waals surface area contributed by atoms with Crippen LogP contribution in [0.1, 0.15) is 0 Å². The smallest absolute Gasteiger partial charge is 0.135 e. The Hall–Kier alpha value is -2.24. The first-order valence-electron chi connectivity index (χ1n) is 3.85. The molecule has 14 heavy (non-hydrogen) atoms. The Labute approximate surface area is 78.4 Å². The SMILES string of the molecule is c1ccc2nonc2c1.c1cnon1. The Balaban J connectivity index is 0.000000128. The highest BCUT2D eigenvalue weighted by atomic mass is 16.6. The van der Waals surface area contributed by atoms with E-state index in [0.29, 0.717) is 0 Å². The van der Waals surface area contributed by atoms with Gasteiger partial charge in [-0.3, -0.25) is 0 Å². The van der Waals surface area contributed by atoms with Gasteiger partial charge in [-0.25, -0.2) is 9.26 Å². The molecule has 3 rings (SSSR count). The molecule has 1 aromatic carbocycles. The molecule has 0 spiro atoms. The van der Waals surface area contributed by atoms with E-state index >= 15 is 0 Å². The minimum atomic E-state index is 0.803. The van der Waals surface area contributed by atoms with Crippen LogP contribution in [0.15, 0.2) is 45.9 Å². The average molecular weight is 190 g/mol. The number of aromatic nitrogens is 4. The highest BCUT2D eigenvalue weighted by Crippen LogP contribution is 2.05. The lowest BCUT2D eigenvalue weighted by atomic mass is 10.3. The Morgan fingerprint density at radius 1 is 0.786 bits per heavy atom. The van der Waals surface area contributed by atoms with Crippen LogP contribution in [0.2, 0.25) is 0 Å². The molecule has 0 aliphatic rings. The second kappa shape index (κ2) is 4.13. The molecule has 0 saturated carbocycles. The molecule has 0 bridgehead atoms. The summed E-state index contributed by atoms with van der Waals surface area (Å²) in [5.74, 6) is 0. The van der Waals surface area contributed by atoms with E-state index in [0.717, 1.165) is 11.0 Å². The molecule has 6 heteroatoms. The number of hydrogen-bond acceptors (Lipinski definition) is 6. The molecule has 2 aromatic heterocycles. The molecule has 6 nitrogen and oxygen atoms in total. The van der Waals surface area contributed by atoms with Crippen molar-refractivity contribution in [1.29, 1.82) is 0 Å². The van der Waals surface area contributed by atoms with Crippen molar-refractivity contribution >= 4 is 11.0 Å². The van der Waals surface area contributed by atoms with E-state index < -0.39 is 0 Å². The standard InChI is InChI=1S/C6H4N2O.C2H2N2O/c1-2-4-6-5(3-1)7-9-8-6;1-2-4-5-3-1/h1-4H;1-2H. The van der Waals surface area contributed by atoms with Gasteiger partial charge in [-0.2, -0.15) is 0 Å². The van der Waals surface area contributed by atoms with Crippen LogP contribution in [-0.4, -0.2) is 20.6 Å². The number of benzene rings is 1. The van der Waals surface area contributed by atoms with Gasteiger partial charge in [-0.1, -0.05) is 22.4 Å². The number of fused-ring (bicyclic) bond motifs is 1. The van der Waals surface area contributed by atoms with Gasteiger partial charge >= 0.3 is 0 Å². The fraction of sp³-hybridized carbons (Fsp3) is 0. The molecule has 0 radical (unpaired) electrons. The molecule has 70 valence electrons.